The average molecular weight is 278 g/mol. The molecule has 2 aliphatic rings. The topological polar surface area (TPSA) is 42.2 Å². The molecule has 19 heavy (non-hydrogen) atoms. The molecule has 1 saturated heterocycles. The fourth-order valence-electron chi connectivity index (χ4n) is 2.92. The number of nitrogens with one attached hydrogen (secondary N) is 1. The van der Waals surface area contributed by atoms with Crippen LogP contribution in [0.5, 0.6) is 0 Å². The predicted molar refractivity (Wildman–Crippen MR) is 80.6 cm³/mol. The van der Waals surface area contributed by atoms with Crippen molar-refractivity contribution in [2.45, 2.75) is 45.2 Å². The highest BCUT2D eigenvalue weighted by Gasteiger charge is 2.29. The lowest BCUT2D eigenvalue weighted by Gasteiger charge is -2.36. The summed E-state index contributed by atoms with van der Waals surface area (Å²) in [6, 6.07) is 0.681. The van der Waals surface area contributed by atoms with Crippen LogP contribution in [0.1, 0.15) is 31.2 Å². The van der Waals surface area contributed by atoms with Crippen LogP contribution in [-0.2, 0) is 6.54 Å². The Morgan fingerprint density at radius 2 is 2.37 bits per heavy atom. The van der Waals surface area contributed by atoms with Crippen molar-refractivity contribution in [2.75, 3.05) is 12.3 Å². The standard InChI is InChI=1S/C14H22N4S/c1-11-8-16-18(9-11)7-6-15-14-17-13-5-3-2-4-12(13)10-19-14/h8-9,12-13H,2-7,10H2,1H3,(H,15,17). The lowest BCUT2D eigenvalue weighted by atomic mass is 9.86. The fourth-order valence-corrected chi connectivity index (χ4v) is 4.11. The molecule has 1 saturated carbocycles. The summed E-state index contributed by atoms with van der Waals surface area (Å²) < 4.78 is 1.97. The number of rotatable bonds is 3. The molecule has 0 amide bonds. The zero-order chi connectivity index (χ0) is 13.1. The molecule has 5 heteroatoms. The van der Waals surface area contributed by atoms with Crippen molar-refractivity contribution in [3.8, 4) is 0 Å². The number of hydrogen-bond acceptors (Lipinski definition) is 3. The summed E-state index contributed by atoms with van der Waals surface area (Å²) in [5.74, 6) is 2.11. The van der Waals surface area contributed by atoms with Gasteiger partial charge in [0.2, 0.25) is 0 Å². The Labute approximate surface area is 119 Å². The van der Waals surface area contributed by atoms with Crippen molar-refractivity contribution in [3.05, 3.63) is 18.0 Å². The first kappa shape index (κ1) is 13.0. The molecule has 0 radical (unpaired) electrons. The lowest BCUT2D eigenvalue weighted by Crippen LogP contribution is -2.46. The molecule has 2 fully saturated rings. The number of thioether (sulfide) groups is 1. The maximum Gasteiger partial charge on any atom is 0.156 e. The largest absolute Gasteiger partial charge is 0.362 e. The van der Waals surface area contributed by atoms with E-state index in [-0.39, 0.29) is 0 Å². The van der Waals surface area contributed by atoms with E-state index in [2.05, 4.69) is 28.5 Å². The highest BCUT2D eigenvalue weighted by atomic mass is 32.2. The second-order valence-electron chi connectivity index (χ2n) is 5.57. The van der Waals surface area contributed by atoms with Gasteiger partial charge in [-0.3, -0.25) is 9.67 Å². The van der Waals surface area contributed by atoms with E-state index in [0.29, 0.717) is 6.04 Å². The van der Waals surface area contributed by atoms with Crippen LogP contribution < -0.4 is 5.32 Å². The van der Waals surface area contributed by atoms with Gasteiger partial charge in [0.05, 0.1) is 19.3 Å². The molecular weight excluding hydrogens is 256 g/mol. The second-order valence-corrected chi connectivity index (χ2v) is 6.58. The van der Waals surface area contributed by atoms with Gasteiger partial charge < -0.3 is 5.32 Å². The number of aromatic nitrogens is 2. The number of nitrogens with zero attached hydrogens (tertiary/aromatic N) is 3. The summed E-state index contributed by atoms with van der Waals surface area (Å²) in [5.41, 5.74) is 1.21. The van der Waals surface area contributed by atoms with Crippen molar-refractivity contribution >= 4 is 16.9 Å². The van der Waals surface area contributed by atoms with Gasteiger partial charge in [-0.25, -0.2) is 0 Å². The Kier molecular flexibility index (Phi) is 4.11. The minimum atomic E-state index is 0.681. The van der Waals surface area contributed by atoms with Crippen molar-refractivity contribution in [1.29, 1.82) is 0 Å². The van der Waals surface area contributed by atoms with Crippen LogP contribution in [0.3, 0.4) is 0 Å². The minimum absolute atomic E-state index is 0.681. The van der Waals surface area contributed by atoms with Crippen molar-refractivity contribution in [2.24, 2.45) is 10.9 Å². The molecule has 0 bridgehead atoms. The highest BCUT2D eigenvalue weighted by Crippen LogP contribution is 2.31. The Morgan fingerprint density at radius 3 is 3.21 bits per heavy atom. The molecule has 1 aliphatic carbocycles. The van der Waals surface area contributed by atoms with Gasteiger partial charge in [0.25, 0.3) is 0 Å². The Morgan fingerprint density at radius 1 is 1.47 bits per heavy atom. The number of fused-ring (bicyclic) bond motifs is 1. The van der Waals surface area contributed by atoms with Crippen molar-refractivity contribution in [1.82, 2.24) is 15.1 Å². The van der Waals surface area contributed by atoms with E-state index >= 15 is 0 Å². The Bertz CT molecular complexity index is 454. The van der Waals surface area contributed by atoms with Gasteiger partial charge in [0.1, 0.15) is 0 Å². The van der Waals surface area contributed by atoms with E-state index in [1.807, 2.05) is 22.6 Å². The fraction of sp³-hybridized carbons (Fsp3) is 0.714. The molecule has 2 atom stereocenters. The van der Waals surface area contributed by atoms with Gasteiger partial charge in [-0.2, -0.15) is 5.10 Å². The maximum atomic E-state index is 4.69. The quantitative estimate of drug-likeness (QED) is 0.923. The van der Waals surface area contributed by atoms with Gasteiger partial charge in [0, 0.05) is 18.0 Å². The number of hydrogen-bond donors (Lipinski definition) is 1. The first-order valence-corrected chi connectivity index (χ1v) is 8.22. The van der Waals surface area contributed by atoms with Crippen LogP contribution in [-0.4, -0.2) is 33.3 Å². The van der Waals surface area contributed by atoms with Crippen LogP contribution in [0, 0.1) is 12.8 Å². The summed E-state index contributed by atoms with van der Waals surface area (Å²) in [5, 5.41) is 9.06. The van der Waals surface area contributed by atoms with Gasteiger partial charge in [0.15, 0.2) is 5.17 Å². The van der Waals surface area contributed by atoms with Crippen LogP contribution in [0.25, 0.3) is 0 Å². The van der Waals surface area contributed by atoms with E-state index in [4.69, 9.17) is 0 Å². The first-order valence-electron chi connectivity index (χ1n) is 7.24. The molecule has 4 nitrogen and oxygen atoms in total. The molecule has 0 aromatic carbocycles. The molecule has 104 valence electrons. The molecule has 0 spiro atoms. The zero-order valence-electron chi connectivity index (χ0n) is 11.5. The van der Waals surface area contributed by atoms with E-state index < -0.39 is 0 Å². The summed E-state index contributed by atoms with van der Waals surface area (Å²) in [6.45, 7) is 3.75. The summed E-state index contributed by atoms with van der Waals surface area (Å²) >= 11 is 1.90. The lowest BCUT2D eigenvalue weighted by molar-refractivity contribution is 0.311. The minimum Gasteiger partial charge on any atom is -0.362 e. The van der Waals surface area contributed by atoms with E-state index in [0.717, 1.165) is 24.2 Å². The number of aliphatic imine (C=N–C) groups is 1. The molecule has 2 heterocycles. The number of aryl methyl sites for hydroxylation is 1. The molecule has 1 aliphatic heterocycles. The van der Waals surface area contributed by atoms with Crippen LogP contribution in [0.2, 0.25) is 0 Å². The second kappa shape index (κ2) is 5.99. The van der Waals surface area contributed by atoms with Crippen LogP contribution >= 0.6 is 11.8 Å². The summed E-state index contributed by atoms with van der Waals surface area (Å²) in [4.78, 5) is 4.69. The van der Waals surface area contributed by atoms with Crippen molar-refractivity contribution in [3.63, 3.8) is 0 Å². The van der Waals surface area contributed by atoms with Crippen LogP contribution in [0.15, 0.2) is 17.4 Å². The molecule has 2 unspecified atom stereocenters. The average Bonchev–Trinajstić information content (AvgIpc) is 2.84. The summed E-state index contributed by atoms with van der Waals surface area (Å²) in [6.07, 6.45) is 9.46. The molecule has 1 N–H and O–H groups in total. The van der Waals surface area contributed by atoms with Gasteiger partial charge in [-0.1, -0.05) is 24.6 Å². The Hall–Kier alpha value is -0.970. The summed E-state index contributed by atoms with van der Waals surface area (Å²) in [7, 11) is 0. The maximum absolute atomic E-state index is 4.69. The van der Waals surface area contributed by atoms with Crippen molar-refractivity contribution < 1.29 is 0 Å². The highest BCUT2D eigenvalue weighted by molar-refractivity contribution is 8.13. The Balaban J connectivity index is 1.50. The van der Waals surface area contributed by atoms with E-state index in [1.165, 1.54) is 37.0 Å². The molecule has 1 aromatic heterocycles. The van der Waals surface area contributed by atoms with Gasteiger partial charge >= 0.3 is 0 Å². The van der Waals surface area contributed by atoms with Gasteiger partial charge in [-0.05, 0) is 31.2 Å². The predicted octanol–water partition coefficient (Wildman–Crippen LogP) is 2.44. The zero-order valence-corrected chi connectivity index (χ0v) is 12.3. The number of amidine groups is 1. The monoisotopic (exact) mass is 278 g/mol. The third-order valence-corrected chi connectivity index (χ3v) is 5.11. The first-order chi connectivity index (χ1) is 9.31. The van der Waals surface area contributed by atoms with Crippen LogP contribution in [0.4, 0.5) is 0 Å². The smallest absolute Gasteiger partial charge is 0.156 e. The third kappa shape index (κ3) is 3.32. The molecular formula is C14H22N4S. The molecule has 1 aromatic rings. The third-order valence-electron chi connectivity index (χ3n) is 4.00. The SMILES string of the molecule is Cc1cnn(CCN=C2NC3CCCCC3CS2)c1. The van der Waals surface area contributed by atoms with E-state index in [9.17, 15) is 0 Å². The normalized spacial score (nSPS) is 29.0. The molecule has 3 rings (SSSR count). The van der Waals surface area contributed by atoms with Gasteiger partial charge in [-0.15, -0.1) is 0 Å². The van der Waals surface area contributed by atoms with E-state index in [1.54, 1.807) is 0 Å².